The lowest BCUT2D eigenvalue weighted by atomic mass is 10.3. The molecule has 0 N–H and O–H groups in total. The van der Waals surface area contributed by atoms with Crippen LogP contribution in [0.5, 0.6) is 0 Å². The summed E-state index contributed by atoms with van der Waals surface area (Å²) in [5.41, 5.74) is 6.27. The Labute approximate surface area is 234 Å². The summed E-state index contributed by atoms with van der Waals surface area (Å²) in [4.78, 5) is 17.5. The fraction of sp³-hybridized carbons (Fsp3) is 0.182. The highest BCUT2D eigenvalue weighted by Gasteiger charge is 2.21. The molecule has 200 valence electrons. The highest BCUT2D eigenvalue weighted by Crippen LogP contribution is 2.24. The van der Waals surface area contributed by atoms with Gasteiger partial charge in [-0.3, -0.25) is 4.90 Å². The minimum atomic E-state index is 0.622. The second-order valence-corrected chi connectivity index (χ2v) is 9.89. The fourth-order valence-corrected chi connectivity index (χ4v) is 5.50. The van der Waals surface area contributed by atoms with Gasteiger partial charge in [-0.2, -0.15) is 0 Å². The van der Waals surface area contributed by atoms with Gasteiger partial charge in [-0.15, -0.1) is 19.7 Å². The van der Waals surface area contributed by atoms with Gasteiger partial charge in [0, 0.05) is 19.6 Å². The van der Waals surface area contributed by atoms with Crippen molar-refractivity contribution < 1.29 is 0 Å². The average molecular weight is 528 g/mol. The molecule has 0 fully saturated rings. The first-order chi connectivity index (χ1) is 19.7. The highest BCUT2D eigenvalue weighted by atomic mass is 15.2. The number of para-hydroxylation sites is 6. The topological polar surface area (TPSA) is 56.7 Å². The molecule has 0 unspecified atom stereocenters. The van der Waals surface area contributed by atoms with Gasteiger partial charge in [-0.25, -0.2) is 15.0 Å². The first kappa shape index (κ1) is 25.5. The van der Waals surface area contributed by atoms with Crippen molar-refractivity contribution >= 4 is 33.1 Å². The van der Waals surface area contributed by atoms with Crippen LogP contribution in [0.3, 0.4) is 0 Å². The molecule has 6 aromatic rings. The standard InChI is InChI=1S/C33H33N7/c1-4-19-38-28-16-10-7-13-25(28)34-31(38)22-37(23-32-35-26-14-8-11-17-29(26)39(32)20-5-2)24-33-36-27-15-9-12-18-30(27)40(33)21-6-3/h4-18H,1-3,19-24H2. The van der Waals surface area contributed by atoms with E-state index in [0.29, 0.717) is 39.3 Å². The molecule has 0 bridgehead atoms. The van der Waals surface area contributed by atoms with Crippen LogP contribution < -0.4 is 0 Å². The number of aromatic nitrogens is 6. The van der Waals surface area contributed by atoms with E-state index in [-0.39, 0.29) is 0 Å². The number of nitrogens with zero attached hydrogens (tertiary/aromatic N) is 7. The average Bonchev–Trinajstić information content (AvgIpc) is 3.61. The van der Waals surface area contributed by atoms with Crippen molar-refractivity contribution in [2.45, 2.75) is 39.3 Å². The number of imidazole rings is 3. The number of allylic oxidation sites excluding steroid dienone is 3. The van der Waals surface area contributed by atoms with Crippen molar-refractivity contribution in [2.75, 3.05) is 0 Å². The second-order valence-electron chi connectivity index (χ2n) is 9.89. The van der Waals surface area contributed by atoms with Crippen LogP contribution >= 0.6 is 0 Å². The van der Waals surface area contributed by atoms with E-state index in [4.69, 9.17) is 15.0 Å². The minimum Gasteiger partial charge on any atom is -0.323 e. The lowest BCUT2D eigenvalue weighted by molar-refractivity contribution is 0.222. The largest absolute Gasteiger partial charge is 0.323 e. The Morgan fingerprint density at radius 1 is 0.500 bits per heavy atom. The van der Waals surface area contributed by atoms with Gasteiger partial charge in [0.25, 0.3) is 0 Å². The molecule has 3 heterocycles. The van der Waals surface area contributed by atoms with E-state index in [0.717, 1.165) is 50.6 Å². The molecule has 0 saturated heterocycles. The van der Waals surface area contributed by atoms with E-state index < -0.39 is 0 Å². The molecule has 7 nitrogen and oxygen atoms in total. The molecule has 3 aromatic carbocycles. The Morgan fingerprint density at radius 3 is 1.10 bits per heavy atom. The lowest BCUT2D eigenvalue weighted by Crippen LogP contribution is -2.27. The number of rotatable bonds is 12. The van der Waals surface area contributed by atoms with Crippen molar-refractivity contribution in [2.24, 2.45) is 0 Å². The number of benzene rings is 3. The van der Waals surface area contributed by atoms with Crippen molar-refractivity contribution in [3.8, 4) is 0 Å². The van der Waals surface area contributed by atoms with Gasteiger partial charge in [0.05, 0.1) is 52.7 Å². The van der Waals surface area contributed by atoms with Crippen LogP contribution in [0, 0.1) is 0 Å². The molecule has 0 atom stereocenters. The molecule has 0 radical (unpaired) electrons. The Morgan fingerprint density at radius 2 is 0.800 bits per heavy atom. The zero-order valence-corrected chi connectivity index (χ0v) is 22.7. The van der Waals surface area contributed by atoms with Gasteiger partial charge in [-0.05, 0) is 36.4 Å². The van der Waals surface area contributed by atoms with E-state index in [1.807, 2.05) is 36.4 Å². The maximum atomic E-state index is 5.04. The Balaban J connectivity index is 1.44. The van der Waals surface area contributed by atoms with Crippen molar-refractivity contribution in [1.29, 1.82) is 0 Å². The number of hydrogen-bond donors (Lipinski definition) is 0. The molecule has 0 spiro atoms. The third kappa shape index (κ3) is 4.76. The van der Waals surface area contributed by atoms with Gasteiger partial charge in [0.2, 0.25) is 0 Å². The van der Waals surface area contributed by atoms with Crippen LogP contribution in [-0.2, 0) is 39.3 Å². The first-order valence-corrected chi connectivity index (χ1v) is 13.6. The van der Waals surface area contributed by atoms with Crippen molar-refractivity contribution in [3.05, 3.63) is 128 Å². The monoisotopic (exact) mass is 527 g/mol. The van der Waals surface area contributed by atoms with Crippen LogP contribution in [0.1, 0.15) is 17.5 Å². The van der Waals surface area contributed by atoms with E-state index in [9.17, 15) is 0 Å². The Bertz CT molecular complexity index is 1620. The molecular formula is C33H33N7. The van der Waals surface area contributed by atoms with Gasteiger partial charge in [0.1, 0.15) is 17.5 Å². The van der Waals surface area contributed by atoms with Crippen LogP contribution in [-0.4, -0.2) is 33.6 Å². The fourth-order valence-electron chi connectivity index (χ4n) is 5.50. The summed E-state index contributed by atoms with van der Waals surface area (Å²) < 4.78 is 6.73. The van der Waals surface area contributed by atoms with Gasteiger partial charge < -0.3 is 13.7 Å². The van der Waals surface area contributed by atoms with Crippen LogP contribution in [0.2, 0.25) is 0 Å². The maximum Gasteiger partial charge on any atom is 0.124 e. The van der Waals surface area contributed by atoms with E-state index in [1.54, 1.807) is 0 Å². The molecule has 0 amide bonds. The molecule has 0 aliphatic heterocycles. The van der Waals surface area contributed by atoms with Crippen molar-refractivity contribution in [3.63, 3.8) is 0 Å². The van der Waals surface area contributed by atoms with Crippen molar-refractivity contribution in [1.82, 2.24) is 33.6 Å². The van der Waals surface area contributed by atoms with E-state index in [2.05, 4.69) is 92.9 Å². The molecule has 6 rings (SSSR count). The van der Waals surface area contributed by atoms with Crippen LogP contribution in [0.25, 0.3) is 33.1 Å². The summed E-state index contributed by atoms with van der Waals surface area (Å²) in [5, 5.41) is 0. The number of fused-ring (bicyclic) bond motifs is 3. The molecular weight excluding hydrogens is 494 g/mol. The van der Waals surface area contributed by atoms with E-state index >= 15 is 0 Å². The smallest absolute Gasteiger partial charge is 0.124 e. The summed E-state index contributed by atoms with van der Waals surface area (Å²) in [7, 11) is 0. The summed E-state index contributed by atoms with van der Waals surface area (Å²) in [6, 6.07) is 24.8. The van der Waals surface area contributed by atoms with Gasteiger partial charge >= 0.3 is 0 Å². The van der Waals surface area contributed by atoms with E-state index in [1.165, 1.54) is 0 Å². The highest BCUT2D eigenvalue weighted by molar-refractivity contribution is 5.77. The van der Waals surface area contributed by atoms with Gasteiger partial charge in [-0.1, -0.05) is 54.6 Å². The quantitative estimate of drug-likeness (QED) is 0.171. The SMILES string of the molecule is C=CCn1c(CN(Cc2nc3ccccc3n2CC=C)Cc2nc3ccccc3n2CC=C)nc2ccccc21. The van der Waals surface area contributed by atoms with Crippen LogP contribution in [0.4, 0.5) is 0 Å². The molecule has 7 heteroatoms. The second kappa shape index (κ2) is 11.2. The van der Waals surface area contributed by atoms with Gasteiger partial charge in [0.15, 0.2) is 0 Å². The zero-order chi connectivity index (χ0) is 27.5. The number of hydrogen-bond acceptors (Lipinski definition) is 4. The maximum absolute atomic E-state index is 5.04. The lowest BCUT2D eigenvalue weighted by Gasteiger charge is -2.23. The Kier molecular flexibility index (Phi) is 7.12. The summed E-state index contributed by atoms with van der Waals surface area (Å²) in [5.74, 6) is 2.96. The molecule has 3 aromatic heterocycles. The normalized spacial score (nSPS) is 11.6. The summed E-state index contributed by atoms with van der Waals surface area (Å²) in [6.07, 6.45) is 5.78. The van der Waals surface area contributed by atoms with Crippen LogP contribution in [0.15, 0.2) is 111 Å². The molecule has 0 saturated carbocycles. The molecule has 40 heavy (non-hydrogen) atoms. The first-order valence-electron chi connectivity index (χ1n) is 13.6. The summed E-state index contributed by atoms with van der Waals surface area (Å²) in [6.45, 7) is 15.9. The molecule has 0 aliphatic carbocycles. The predicted molar refractivity (Wildman–Crippen MR) is 163 cm³/mol. The third-order valence-corrected chi connectivity index (χ3v) is 7.23. The zero-order valence-electron chi connectivity index (χ0n) is 22.7. The Hall–Kier alpha value is -4.75. The molecule has 0 aliphatic rings. The third-order valence-electron chi connectivity index (χ3n) is 7.23. The predicted octanol–water partition coefficient (Wildman–Crippen LogP) is 6.50. The minimum absolute atomic E-state index is 0.622. The summed E-state index contributed by atoms with van der Waals surface area (Å²) >= 11 is 0.